The molecule has 0 N–H and O–H groups in total. The van der Waals surface area contributed by atoms with E-state index < -0.39 is 17.1 Å². The van der Waals surface area contributed by atoms with Gasteiger partial charge in [-0.2, -0.15) is 5.10 Å². The van der Waals surface area contributed by atoms with Crippen LogP contribution in [0.15, 0.2) is 54.7 Å². The molecular formula is C33H36ClN3O3S. The molecule has 2 heterocycles. The van der Waals surface area contributed by atoms with E-state index in [2.05, 4.69) is 36.3 Å². The first kappa shape index (κ1) is 29.2. The molecule has 1 unspecified atom stereocenters. The Labute approximate surface area is 250 Å². The van der Waals surface area contributed by atoms with E-state index in [1.807, 2.05) is 83.7 Å². The van der Waals surface area contributed by atoms with Crippen LogP contribution in [-0.2, 0) is 21.3 Å². The van der Waals surface area contributed by atoms with Crippen molar-refractivity contribution in [2.24, 2.45) is 12.5 Å². The van der Waals surface area contributed by atoms with Crippen LogP contribution in [0.3, 0.4) is 0 Å². The second-order valence-electron chi connectivity index (χ2n) is 12.5. The quantitative estimate of drug-likeness (QED) is 0.185. The largest absolute Gasteiger partial charge is 0.462 e. The number of rotatable bonds is 6. The molecule has 0 aliphatic heterocycles. The summed E-state index contributed by atoms with van der Waals surface area (Å²) in [6.45, 7) is 13.8. The maximum atomic E-state index is 12.8. The van der Waals surface area contributed by atoms with Crippen LogP contribution in [0.2, 0.25) is 5.02 Å². The molecule has 1 atom stereocenters. The molecule has 0 saturated carbocycles. The molecule has 0 amide bonds. The van der Waals surface area contributed by atoms with Crippen molar-refractivity contribution in [3.8, 4) is 21.7 Å². The molecule has 0 radical (unpaired) electrons. The van der Waals surface area contributed by atoms with E-state index in [0.29, 0.717) is 5.02 Å². The van der Waals surface area contributed by atoms with E-state index in [0.717, 1.165) is 53.9 Å². The number of hydrogen-bond donors (Lipinski definition) is 0. The van der Waals surface area contributed by atoms with Gasteiger partial charge in [0.25, 0.3) is 0 Å². The van der Waals surface area contributed by atoms with Crippen LogP contribution in [0, 0.1) is 12.3 Å². The lowest BCUT2D eigenvalue weighted by Gasteiger charge is -2.31. The molecule has 41 heavy (non-hydrogen) atoms. The van der Waals surface area contributed by atoms with Crippen LogP contribution >= 0.6 is 22.9 Å². The van der Waals surface area contributed by atoms with Crippen LogP contribution < -0.4 is 0 Å². The second kappa shape index (κ2) is 10.9. The molecule has 8 heteroatoms. The summed E-state index contributed by atoms with van der Waals surface area (Å²) < 4.78 is 15.4. The standard InChI is InChI=1S/C33H36ClN3O3S/c1-19-15-24-29(41-30(36-24)21-11-14-25-22(16-21)17-35-37(25)8)28(20-9-12-23(34)13-10-20)27(19)26(40-33(5,6)7)18-39-31(38)32(2,3)4/h9-17,26H,18H2,1-8H3. The number of aryl methyl sites for hydroxylation is 2. The number of nitrogens with zero attached hydrogens (tertiary/aromatic N) is 3. The molecule has 0 fully saturated rings. The molecule has 0 spiro atoms. The molecule has 6 nitrogen and oxygen atoms in total. The van der Waals surface area contributed by atoms with E-state index in [9.17, 15) is 4.79 Å². The van der Waals surface area contributed by atoms with Crippen LogP contribution in [0.1, 0.15) is 58.8 Å². The van der Waals surface area contributed by atoms with Crippen molar-refractivity contribution in [3.05, 3.63) is 70.9 Å². The van der Waals surface area contributed by atoms with Gasteiger partial charge in [0, 0.05) is 28.6 Å². The Morgan fingerprint density at radius 1 is 1.02 bits per heavy atom. The summed E-state index contributed by atoms with van der Waals surface area (Å²) in [7, 11) is 1.94. The molecule has 0 saturated heterocycles. The van der Waals surface area contributed by atoms with Crippen molar-refractivity contribution in [2.45, 2.75) is 60.2 Å². The Bertz CT molecular complexity index is 1740. The third-order valence-electron chi connectivity index (χ3n) is 6.85. The fourth-order valence-electron chi connectivity index (χ4n) is 4.92. The number of ether oxygens (including phenoxy) is 2. The molecular weight excluding hydrogens is 554 g/mol. The molecule has 0 bridgehead atoms. The smallest absolute Gasteiger partial charge is 0.311 e. The number of aromatic nitrogens is 3. The van der Waals surface area contributed by atoms with Gasteiger partial charge in [0.1, 0.15) is 17.7 Å². The summed E-state index contributed by atoms with van der Waals surface area (Å²) in [5, 5.41) is 7.04. The lowest BCUT2D eigenvalue weighted by Crippen LogP contribution is -2.30. The highest BCUT2D eigenvalue weighted by Gasteiger charge is 2.31. The van der Waals surface area contributed by atoms with Crippen molar-refractivity contribution < 1.29 is 14.3 Å². The zero-order chi connectivity index (χ0) is 29.7. The fraction of sp³-hybridized carbons (Fsp3) is 0.364. The molecule has 3 aromatic carbocycles. The van der Waals surface area contributed by atoms with Gasteiger partial charge in [-0.15, -0.1) is 11.3 Å². The van der Waals surface area contributed by atoms with Gasteiger partial charge in [0.15, 0.2) is 0 Å². The molecule has 2 aromatic heterocycles. The number of halogens is 1. The maximum Gasteiger partial charge on any atom is 0.311 e. The predicted molar refractivity (Wildman–Crippen MR) is 169 cm³/mol. The van der Waals surface area contributed by atoms with Crippen molar-refractivity contribution in [1.29, 1.82) is 0 Å². The Morgan fingerprint density at radius 2 is 1.71 bits per heavy atom. The van der Waals surface area contributed by atoms with E-state index in [1.165, 1.54) is 0 Å². The SMILES string of the molecule is Cc1cc2nc(-c3ccc4c(cnn4C)c3)sc2c(-c2ccc(Cl)cc2)c1C(COC(=O)C(C)(C)C)OC(C)(C)C. The van der Waals surface area contributed by atoms with Gasteiger partial charge in [-0.1, -0.05) is 23.7 Å². The van der Waals surface area contributed by atoms with Crippen LogP contribution in [0.25, 0.3) is 42.8 Å². The van der Waals surface area contributed by atoms with Gasteiger partial charge in [-0.05, 0) is 102 Å². The maximum absolute atomic E-state index is 12.8. The number of esters is 1. The van der Waals surface area contributed by atoms with Gasteiger partial charge in [-0.25, -0.2) is 4.98 Å². The number of carbonyl (C=O) groups is 1. The van der Waals surface area contributed by atoms with E-state index in [-0.39, 0.29) is 12.6 Å². The Morgan fingerprint density at radius 3 is 2.37 bits per heavy atom. The molecule has 0 aliphatic carbocycles. The Hall–Kier alpha value is -3.26. The summed E-state index contributed by atoms with van der Waals surface area (Å²) in [5.41, 5.74) is 5.93. The zero-order valence-electron chi connectivity index (χ0n) is 24.8. The highest BCUT2D eigenvalue weighted by atomic mass is 35.5. The van der Waals surface area contributed by atoms with E-state index in [4.69, 9.17) is 26.1 Å². The second-order valence-corrected chi connectivity index (χ2v) is 13.9. The van der Waals surface area contributed by atoms with Crippen LogP contribution in [-0.4, -0.2) is 32.9 Å². The van der Waals surface area contributed by atoms with Crippen molar-refractivity contribution in [1.82, 2.24) is 14.8 Å². The summed E-state index contributed by atoms with van der Waals surface area (Å²) in [4.78, 5) is 17.9. The molecule has 5 aromatic rings. The zero-order valence-corrected chi connectivity index (χ0v) is 26.4. The van der Waals surface area contributed by atoms with Crippen molar-refractivity contribution in [3.63, 3.8) is 0 Å². The lowest BCUT2D eigenvalue weighted by molar-refractivity contribution is -0.162. The van der Waals surface area contributed by atoms with Gasteiger partial charge in [0.2, 0.25) is 0 Å². The summed E-state index contributed by atoms with van der Waals surface area (Å²) in [6, 6.07) is 16.3. The normalized spacial score (nSPS) is 13.2. The topological polar surface area (TPSA) is 66.2 Å². The summed E-state index contributed by atoms with van der Waals surface area (Å²) >= 11 is 7.94. The van der Waals surface area contributed by atoms with E-state index >= 15 is 0 Å². The van der Waals surface area contributed by atoms with E-state index in [1.54, 1.807) is 11.3 Å². The fourth-order valence-corrected chi connectivity index (χ4v) is 6.17. The number of hydrogen-bond acceptors (Lipinski definition) is 6. The average molecular weight is 590 g/mol. The third kappa shape index (κ3) is 6.17. The van der Waals surface area contributed by atoms with Gasteiger partial charge in [-0.3, -0.25) is 9.48 Å². The summed E-state index contributed by atoms with van der Waals surface area (Å²) in [5.74, 6) is -0.266. The lowest BCUT2D eigenvalue weighted by atomic mass is 9.91. The number of fused-ring (bicyclic) bond motifs is 2. The molecule has 0 aliphatic rings. The average Bonchev–Trinajstić information content (AvgIpc) is 3.48. The molecule has 5 rings (SSSR count). The Balaban J connectivity index is 1.71. The van der Waals surface area contributed by atoms with Crippen molar-refractivity contribution >= 4 is 50.0 Å². The Kier molecular flexibility index (Phi) is 7.74. The number of carbonyl (C=O) groups excluding carboxylic acids is 1. The highest BCUT2D eigenvalue weighted by Crippen LogP contribution is 2.44. The van der Waals surface area contributed by atoms with Crippen molar-refractivity contribution in [2.75, 3.05) is 6.61 Å². The summed E-state index contributed by atoms with van der Waals surface area (Å²) in [6.07, 6.45) is 1.38. The predicted octanol–water partition coefficient (Wildman–Crippen LogP) is 8.92. The number of thiazole rings is 1. The first-order valence-corrected chi connectivity index (χ1v) is 14.9. The van der Waals surface area contributed by atoms with Crippen LogP contribution in [0.4, 0.5) is 0 Å². The third-order valence-corrected chi connectivity index (χ3v) is 8.24. The van der Waals surface area contributed by atoms with Gasteiger partial charge >= 0.3 is 5.97 Å². The minimum Gasteiger partial charge on any atom is -0.462 e. The highest BCUT2D eigenvalue weighted by molar-refractivity contribution is 7.22. The first-order valence-electron chi connectivity index (χ1n) is 13.7. The minimum atomic E-state index is -0.619. The number of benzene rings is 3. The minimum absolute atomic E-state index is 0.101. The molecule has 214 valence electrons. The monoisotopic (exact) mass is 589 g/mol. The first-order chi connectivity index (χ1) is 19.2. The van der Waals surface area contributed by atoms with Crippen LogP contribution in [0.5, 0.6) is 0 Å². The van der Waals surface area contributed by atoms with Gasteiger partial charge in [0.05, 0.1) is 32.9 Å². The van der Waals surface area contributed by atoms with Gasteiger partial charge < -0.3 is 9.47 Å².